The normalized spacial score (nSPS) is 25.7. The number of aromatic nitrogens is 3. The zero-order valence-electron chi connectivity index (χ0n) is 19.4. The summed E-state index contributed by atoms with van der Waals surface area (Å²) in [6, 6.07) is 9.65. The molecule has 0 radical (unpaired) electrons. The molecule has 2 fully saturated rings. The van der Waals surface area contributed by atoms with Crippen molar-refractivity contribution >= 4 is 28.5 Å². The average molecular weight is 470 g/mol. The van der Waals surface area contributed by atoms with E-state index in [0.29, 0.717) is 25.1 Å². The minimum absolute atomic E-state index is 0.00315. The van der Waals surface area contributed by atoms with E-state index in [-0.39, 0.29) is 30.5 Å². The number of aromatic amines is 1. The second kappa shape index (κ2) is 8.42. The van der Waals surface area contributed by atoms with Crippen LogP contribution in [0.25, 0.3) is 11.0 Å². The van der Waals surface area contributed by atoms with Crippen LogP contribution in [0.3, 0.4) is 0 Å². The topological polar surface area (TPSA) is 91.4 Å². The van der Waals surface area contributed by atoms with Crippen molar-refractivity contribution in [1.82, 2.24) is 20.1 Å². The molecule has 8 nitrogen and oxygen atoms in total. The first kappa shape index (κ1) is 21.7. The van der Waals surface area contributed by atoms with Gasteiger partial charge in [0.2, 0.25) is 11.8 Å². The van der Waals surface area contributed by atoms with Crippen molar-refractivity contribution in [2.24, 2.45) is 0 Å². The van der Waals surface area contributed by atoms with Gasteiger partial charge in [0.25, 0.3) is 0 Å². The fourth-order valence-corrected chi connectivity index (χ4v) is 5.98. The molecule has 35 heavy (non-hydrogen) atoms. The summed E-state index contributed by atoms with van der Waals surface area (Å²) in [7, 11) is 0. The molecule has 2 amide bonds. The number of anilines is 1. The SMILES string of the molecule is C#CC1CCCN1C(=O)CN1C(=O)C2(CCC(Oc3cnc4[nH]ncc4c3)CC2)c2ccccc21. The van der Waals surface area contributed by atoms with Gasteiger partial charge < -0.3 is 14.5 Å². The summed E-state index contributed by atoms with van der Waals surface area (Å²) in [4.78, 5) is 34.8. The number of hydrogen-bond acceptors (Lipinski definition) is 5. The van der Waals surface area contributed by atoms with Crippen molar-refractivity contribution < 1.29 is 14.3 Å². The van der Waals surface area contributed by atoms with Crippen molar-refractivity contribution in [2.45, 2.75) is 56.1 Å². The molecule has 1 unspecified atom stereocenters. The number of carbonyl (C=O) groups excluding carboxylic acids is 2. The van der Waals surface area contributed by atoms with Crippen molar-refractivity contribution in [1.29, 1.82) is 0 Å². The Morgan fingerprint density at radius 1 is 1.23 bits per heavy atom. The van der Waals surface area contributed by atoms with E-state index in [0.717, 1.165) is 48.0 Å². The molecule has 1 atom stereocenters. The third-order valence-corrected chi connectivity index (χ3v) is 7.78. The van der Waals surface area contributed by atoms with Gasteiger partial charge in [-0.3, -0.25) is 14.7 Å². The van der Waals surface area contributed by atoms with Gasteiger partial charge in [0.1, 0.15) is 12.3 Å². The van der Waals surface area contributed by atoms with E-state index in [4.69, 9.17) is 11.2 Å². The Morgan fingerprint density at radius 2 is 2.06 bits per heavy atom. The van der Waals surface area contributed by atoms with Crippen molar-refractivity contribution in [2.75, 3.05) is 18.0 Å². The maximum absolute atomic E-state index is 13.9. The van der Waals surface area contributed by atoms with E-state index in [9.17, 15) is 9.59 Å². The summed E-state index contributed by atoms with van der Waals surface area (Å²) >= 11 is 0. The molecule has 1 aromatic carbocycles. The van der Waals surface area contributed by atoms with Gasteiger partial charge in [-0.15, -0.1) is 6.42 Å². The van der Waals surface area contributed by atoms with Gasteiger partial charge >= 0.3 is 0 Å². The number of nitrogens with zero attached hydrogens (tertiary/aromatic N) is 4. The van der Waals surface area contributed by atoms with Gasteiger partial charge in [0.05, 0.1) is 30.0 Å². The molecule has 3 aliphatic rings. The van der Waals surface area contributed by atoms with E-state index in [1.54, 1.807) is 22.2 Å². The van der Waals surface area contributed by atoms with Gasteiger partial charge in [0, 0.05) is 17.6 Å². The molecule has 1 aliphatic carbocycles. The monoisotopic (exact) mass is 469 g/mol. The fourth-order valence-electron chi connectivity index (χ4n) is 5.98. The first-order chi connectivity index (χ1) is 17.1. The molecule has 2 aromatic heterocycles. The third-order valence-electron chi connectivity index (χ3n) is 7.78. The largest absolute Gasteiger partial charge is 0.489 e. The predicted octanol–water partition coefficient (Wildman–Crippen LogP) is 3.19. The molecule has 4 heterocycles. The zero-order chi connectivity index (χ0) is 24.0. The van der Waals surface area contributed by atoms with Crippen LogP contribution in [0, 0.1) is 12.3 Å². The molecular formula is C27H27N5O3. The van der Waals surface area contributed by atoms with Crippen LogP contribution in [0.5, 0.6) is 5.75 Å². The lowest BCUT2D eigenvalue weighted by atomic mass is 9.69. The minimum Gasteiger partial charge on any atom is -0.489 e. The van der Waals surface area contributed by atoms with Crippen LogP contribution in [-0.4, -0.2) is 57.1 Å². The van der Waals surface area contributed by atoms with Crippen molar-refractivity contribution in [3.05, 3.63) is 48.3 Å². The second-order valence-corrected chi connectivity index (χ2v) is 9.70. The highest BCUT2D eigenvalue weighted by molar-refractivity contribution is 6.10. The van der Waals surface area contributed by atoms with Gasteiger partial charge in [-0.05, 0) is 56.2 Å². The van der Waals surface area contributed by atoms with Crippen molar-refractivity contribution in [3.8, 4) is 18.1 Å². The summed E-state index contributed by atoms with van der Waals surface area (Å²) in [5.41, 5.74) is 1.98. The van der Waals surface area contributed by atoms with Gasteiger partial charge in [0.15, 0.2) is 5.65 Å². The van der Waals surface area contributed by atoms with Crippen LogP contribution in [0.2, 0.25) is 0 Å². The Morgan fingerprint density at radius 3 is 2.89 bits per heavy atom. The first-order valence-corrected chi connectivity index (χ1v) is 12.2. The van der Waals surface area contributed by atoms with Gasteiger partial charge in [-0.1, -0.05) is 24.1 Å². The Balaban J connectivity index is 1.19. The number of likely N-dealkylation sites (tertiary alicyclic amines) is 1. The fraction of sp³-hybridized carbons (Fsp3) is 0.407. The van der Waals surface area contributed by atoms with E-state index in [1.165, 1.54) is 0 Å². The minimum atomic E-state index is -0.611. The molecule has 8 heteroatoms. The maximum atomic E-state index is 13.9. The lowest BCUT2D eigenvalue weighted by Crippen LogP contribution is -2.48. The van der Waals surface area contributed by atoms with Crippen molar-refractivity contribution in [3.63, 3.8) is 0 Å². The maximum Gasteiger partial charge on any atom is 0.243 e. The molecule has 1 saturated carbocycles. The quantitative estimate of drug-likeness (QED) is 0.593. The van der Waals surface area contributed by atoms with E-state index < -0.39 is 5.41 Å². The summed E-state index contributed by atoms with van der Waals surface area (Å²) in [5, 5.41) is 7.75. The molecule has 3 aromatic rings. The molecule has 1 saturated heterocycles. The summed E-state index contributed by atoms with van der Waals surface area (Å²) in [6.07, 6.45) is 13.6. The van der Waals surface area contributed by atoms with Crippen LogP contribution in [0.4, 0.5) is 5.69 Å². The Hall–Kier alpha value is -3.86. The third kappa shape index (κ3) is 3.54. The number of H-pyrrole nitrogens is 1. The number of nitrogens with one attached hydrogen (secondary N) is 1. The number of amides is 2. The number of rotatable bonds is 4. The summed E-state index contributed by atoms with van der Waals surface area (Å²) in [6.45, 7) is 0.688. The standard InChI is InChI=1S/C27H27N5O3/c1-2-19-6-5-13-31(19)24(33)17-32-23-8-4-3-7-22(23)27(26(32)34)11-9-20(10-12-27)35-21-14-18-15-29-30-25(18)28-16-21/h1,3-4,7-8,14-16,19-20H,5-6,9-13,17H2,(H,28,29,30). The van der Waals surface area contributed by atoms with E-state index in [2.05, 4.69) is 21.1 Å². The molecule has 1 spiro atoms. The molecular weight excluding hydrogens is 442 g/mol. The van der Waals surface area contributed by atoms with E-state index in [1.807, 2.05) is 30.3 Å². The first-order valence-electron chi connectivity index (χ1n) is 12.2. The number of carbonyl (C=O) groups is 2. The average Bonchev–Trinajstić information content (AvgIpc) is 3.60. The molecule has 2 aliphatic heterocycles. The number of fused-ring (bicyclic) bond motifs is 3. The lowest BCUT2D eigenvalue weighted by molar-refractivity contribution is -0.132. The Labute approximate surface area is 203 Å². The zero-order valence-corrected chi connectivity index (χ0v) is 19.4. The second-order valence-electron chi connectivity index (χ2n) is 9.70. The lowest BCUT2D eigenvalue weighted by Gasteiger charge is -2.36. The molecule has 6 rings (SSSR count). The predicted molar refractivity (Wildman–Crippen MR) is 131 cm³/mol. The van der Waals surface area contributed by atoms with Crippen LogP contribution >= 0.6 is 0 Å². The number of para-hydroxylation sites is 1. The molecule has 178 valence electrons. The highest BCUT2D eigenvalue weighted by Gasteiger charge is 2.53. The van der Waals surface area contributed by atoms with Crippen LogP contribution < -0.4 is 9.64 Å². The molecule has 1 N–H and O–H groups in total. The molecule has 0 bridgehead atoms. The summed E-state index contributed by atoms with van der Waals surface area (Å²) in [5.74, 6) is 3.36. The number of benzene rings is 1. The highest BCUT2D eigenvalue weighted by Crippen LogP contribution is 2.50. The number of hydrogen-bond donors (Lipinski definition) is 1. The number of terminal acetylenes is 1. The van der Waals surface area contributed by atoms with Crippen LogP contribution in [-0.2, 0) is 15.0 Å². The van der Waals surface area contributed by atoms with Gasteiger partial charge in [-0.25, -0.2) is 4.98 Å². The summed E-state index contributed by atoms with van der Waals surface area (Å²) < 4.78 is 6.23. The highest BCUT2D eigenvalue weighted by atomic mass is 16.5. The van der Waals surface area contributed by atoms with Crippen LogP contribution in [0.15, 0.2) is 42.7 Å². The number of pyridine rings is 1. The smallest absolute Gasteiger partial charge is 0.243 e. The Kier molecular flexibility index (Phi) is 5.21. The number of ether oxygens (including phenoxy) is 1. The Bertz CT molecular complexity index is 1330. The van der Waals surface area contributed by atoms with E-state index >= 15 is 0 Å². The van der Waals surface area contributed by atoms with Crippen LogP contribution in [0.1, 0.15) is 44.1 Å². The van der Waals surface area contributed by atoms with Gasteiger partial charge in [-0.2, -0.15) is 5.10 Å².